The summed E-state index contributed by atoms with van der Waals surface area (Å²) in [6, 6.07) is 57.3. The quantitative estimate of drug-likeness (QED) is 0.179. The first-order chi connectivity index (χ1) is 23.9. The topological polar surface area (TPSA) is 0 Å². The fourth-order valence-electron chi connectivity index (χ4n) is 5.68. The highest BCUT2D eigenvalue weighted by atomic mass is 14.1. The third-order valence-electron chi connectivity index (χ3n) is 8.55. The summed E-state index contributed by atoms with van der Waals surface area (Å²) in [6.45, 7) is 15.1. The van der Waals surface area contributed by atoms with E-state index in [4.69, 9.17) is 0 Å². The Kier molecular flexibility index (Phi) is 17.2. The predicted octanol–water partition coefficient (Wildman–Crippen LogP) is 13.9. The molecule has 7 rings (SSSR count). The van der Waals surface area contributed by atoms with Crippen LogP contribution in [-0.2, 0) is 25.7 Å². The van der Waals surface area contributed by atoms with Crippen LogP contribution in [0.4, 0.5) is 0 Å². The van der Waals surface area contributed by atoms with Crippen molar-refractivity contribution in [3.8, 4) is 0 Å². The number of benzene rings is 7. The van der Waals surface area contributed by atoms with Gasteiger partial charge in [-0.2, -0.15) is 0 Å². The van der Waals surface area contributed by atoms with Gasteiger partial charge < -0.3 is 0 Å². The average molecular weight is 645 g/mol. The van der Waals surface area contributed by atoms with Crippen molar-refractivity contribution in [2.24, 2.45) is 0 Å². The monoisotopic (exact) mass is 644 g/mol. The molecule has 0 fully saturated rings. The first-order valence-electron chi connectivity index (χ1n) is 18.0. The zero-order valence-electron chi connectivity index (χ0n) is 30.9. The molecular weight excluding hydrogens is 589 g/mol. The molecule has 0 heterocycles. The molecule has 0 aliphatic rings. The molecule has 0 amide bonds. The van der Waals surface area contributed by atoms with Crippen LogP contribution in [0.1, 0.15) is 66.6 Å². The van der Waals surface area contributed by atoms with Gasteiger partial charge in [0.15, 0.2) is 0 Å². The van der Waals surface area contributed by atoms with E-state index >= 15 is 0 Å². The minimum atomic E-state index is 1.12. The molecule has 0 nitrogen and oxygen atoms in total. The summed E-state index contributed by atoms with van der Waals surface area (Å²) < 4.78 is 0. The molecule has 252 valence electrons. The van der Waals surface area contributed by atoms with Crippen LogP contribution in [0.5, 0.6) is 0 Å². The lowest BCUT2D eigenvalue weighted by Crippen LogP contribution is -1.88. The molecule has 0 aliphatic heterocycles. The second-order valence-electron chi connectivity index (χ2n) is 12.2. The van der Waals surface area contributed by atoms with Crippen LogP contribution in [0, 0.1) is 20.8 Å². The minimum absolute atomic E-state index is 1.12. The van der Waals surface area contributed by atoms with Crippen molar-refractivity contribution in [2.45, 2.75) is 74.1 Å². The number of hydrogen-bond acceptors (Lipinski definition) is 0. The van der Waals surface area contributed by atoms with Gasteiger partial charge in [-0.1, -0.05) is 208 Å². The van der Waals surface area contributed by atoms with Gasteiger partial charge in [-0.15, -0.1) is 0 Å². The lowest BCUT2D eigenvalue weighted by atomic mass is 9.97. The Labute approximate surface area is 297 Å². The van der Waals surface area contributed by atoms with Gasteiger partial charge in [0.2, 0.25) is 0 Å². The first kappa shape index (κ1) is 38.5. The Morgan fingerprint density at radius 1 is 0.245 bits per heavy atom. The van der Waals surface area contributed by atoms with Crippen LogP contribution in [0.25, 0.3) is 21.5 Å². The Morgan fingerprint density at radius 3 is 0.571 bits per heavy atom. The van der Waals surface area contributed by atoms with E-state index in [1.54, 1.807) is 0 Å². The number of rotatable bonds is 4. The third-order valence-corrected chi connectivity index (χ3v) is 8.55. The van der Waals surface area contributed by atoms with Gasteiger partial charge in [0.05, 0.1) is 0 Å². The van der Waals surface area contributed by atoms with Gasteiger partial charge >= 0.3 is 0 Å². The number of aryl methyl sites for hydroxylation is 7. The summed E-state index contributed by atoms with van der Waals surface area (Å²) in [6.07, 6.45) is 4.46. The summed E-state index contributed by atoms with van der Waals surface area (Å²) in [7, 11) is 0. The molecule has 7 aromatic carbocycles. The maximum Gasteiger partial charge on any atom is -0.0149 e. The van der Waals surface area contributed by atoms with Gasteiger partial charge in [-0.3, -0.25) is 0 Å². The summed E-state index contributed by atoms with van der Waals surface area (Å²) in [5.74, 6) is 0. The fourth-order valence-corrected chi connectivity index (χ4v) is 5.68. The molecule has 0 bridgehead atoms. The summed E-state index contributed by atoms with van der Waals surface area (Å²) in [5, 5.41) is 5.70. The van der Waals surface area contributed by atoms with Crippen LogP contribution in [0.2, 0.25) is 0 Å². The predicted molar refractivity (Wildman–Crippen MR) is 219 cm³/mol. The highest BCUT2D eigenvalue weighted by Crippen LogP contribution is 2.24. The largest absolute Gasteiger partial charge is 0.0622 e. The SMILES string of the molecule is CCc1ccc(CC)c2ccccc12.CCc1ccc(CC)c2ccccc12.Cc1ccccc1.Cc1ccccc1.Cc1ccccc1. The van der Waals surface area contributed by atoms with Gasteiger partial charge in [0.25, 0.3) is 0 Å². The molecule has 49 heavy (non-hydrogen) atoms. The van der Waals surface area contributed by atoms with Crippen molar-refractivity contribution in [2.75, 3.05) is 0 Å². The van der Waals surface area contributed by atoms with E-state index in [-0.39, 0.29) is 0 Å². The van der Waals surface area contributed by atoms with Crippen molar-refractivity contribution in [3.63, 3.8) is 0 Å². The molecule has 0 aliphatic carbocycles. The van der Waals surface area contributed by atoms with Gasteiger partial charge in [-0.25, -0.2) is 0 Å². The molecule has 7 aromatic rings. The lowest BCUT2D eigenvalue weighted by Gasteiger charge is -2.08. The van der Waals surface area contributed by atoms with Crippen molar-refractivity contribution in [1.82, 2.24) is 0 Å². The molecule has 0 atom stereocenters. The maximum absolute atomic E-state index is 2.27. The zero-order valence-corrected chi connectivity index (χ0v) is 30.9. The third kappa shape index (κ3) is 12.9. The molecule has 0 heteroatoms. The number of hydrogen-bond donors (Lipinski definition) is 0. The van der Waals surface area contributed by atoms with Crippen LogP contribution >= 0.6 is 0 Å². The molecule has 0 saturated carbocycles. The average Bonchev–Trinajstić information content (AvgIpc) is 3.16. The summed E-state index contributed by atoms with van der Waals surface area (Å²) in [4.78, 5) is 0. The van der Waals surface area contributed by atoms with Crippen molar-refractivity contribution in [3.05, 3.63) is 203 Å². The van der Waals surface area contributed by atoms with Crippen LogP contribution in [-0.4, -0.2) is 0 Å². The summed E-state index contributed by atoms with van der Waals surface area (Å²) in [5.41, 5.74) is 9.79. The highest BCUT2D eigenvalue weighted by Gasteiger charge is 2.03. The van der Waals surface area contributed by atoms with Crippen molar-refractivity contribution in [1.29, 1.82) is 0 Å². The maximum atomic E-state index is 2.27. The van der Waals surface area contributed by atoms with E-state index in [0.717, 1.165) is 25.7 Å². The second kappa shape index (κ2) is 21.8. The molecular formula is C49H56. The molecule has 0 aromatic heterocycles. The van der Waals surface area contributed by atoms with E-state index in [9.17, 15) is 0 Å². The summed E-state index contributed by atoms with van der Waals surface area (Å²) >= 11 is 0. The van der Waals surface area contributed by atoms with Crippen molar-refractivity contribution >= 4 is 21.5 Å². The van der Waals surface area contributed by atoms with Crippen LogP contribution in [0.15, 0.2) is 164 Å². The van der Waals surface area contributed by atoms with E-state index in [1.807, 2.05) is 54.6 Å². The Morgan fingerprint density at radius 2 is 0.429 bits per heavy atom. The molecule has 0 radical (unpaired) electrons. The Bertz CT molecular complexity index is 1640. The fraction of sp³-hybridized carbons (Fsp3) is 0.224. The standard InChI is InChI=1S/2C14H16.3C7H8/c2*1-3-11-9-10-12(4-2)14-8-6-5-7-13(11)14;3*1-7-5-3-2-4-6-7/h2*5-10H,3-4H2,1-2H3;3*2-6H,1H3. The van der Waals surface area contributed by atoms with Crippen LogP contribution < -0.4 is 0 Å². The van der Waals surface area contributed by atoms with E-state index < -0.39 is 0 Å². The van der Waals surface area contributed by atoms with E-state index in [2.05, 4.69) is 158 Å². The second-order valence-corrected chi connectivity index (χ2v) is 12.2. The van der Waals surface area contributed by atoms with Crippen LogP contribution in [0.3, 0.4) is 0 Å². The zero-order chi connectivity index (χ0) is 35.3. The van der Waals surface area contributed by atoms with Gasteiger partial charge in [0.1, 0.15) is 0 Å². The molecule has 0 saturated heterocycles. The molecule has 0 N–H and O–H groups in total. The lowest BCUT2D eigenvalue weighted by molar-refractivity contribution is 1.13. The normalized spacial score (nSPS) is 9.86. The van der Waals surface area contributed by atoms with Crippen molar-refractivity contribution < 1.29 is 0 Å². The van der Waals surface area contributed by atoms with Gasteiger partial charge in [0, 0.05) is 0 Å². The van der Waals surface area contributed by atoms with Gasteiger partial charge in [-0.05, 0) is 90.3 Å². The van der Waals surface area contributed by atoms with E-state index in [0.29, 0.717) is 0 Å². The Balaban J connectivity index is 0.000000173. The minimum Gasteiger partial charge on any atom is -0.0622 e. The molecule has 0 spiro atoms. The molecule has 0 unspecified atom stereocenters. The smallest absolute Gasteiger partial charge is 0.0149 e. The van der Waals surface area contributed by atoms with E-state index in [1.165, 1.54) is 60.5 Å². The Hall–Kier alpha value is -4.94. The highest BCUT2D eigenvalue weighted by molar-refractivity contribution is 5.89. The number of fused-ring (bicyclic) bond motifs is 2. The first-order valence-corrected chi connectivity index (χ1v) is 18.0.